The number of rotatable bonds is 3. The lowest BCUT2D eigenvalue weighted by Gasteiger charge is -2.04. The lowest BCUT2D eigenvalue weighted by Crippen LogP contribution is -2.35. The molecule has 0 spiro atoms. The molecule has 1 unspecified atom stereocenters. The molecule has 1 aromatic rings. The minimum Gasteiger partial charge on any atom is -0.364 e. The first-order chi connectivity index (χ1) is 5.70. The molecule has 0 aromatic carbocycles. The Balaban J connectivity index is 2.40. The zero-order valence-corrected chi connectivity index (χ0v) is 6.78. The van der Waals surface area contributed by atoms with Crippen molar-refractivity contribution in [2.24, 2.45) is 5.73 Å². The van der Waals surface area contributed by atoms with Crippen molar-refractivity contribution in [3.63, 3.8) is 0 Å². The normalized spacial score (nSPS) is 12.5. The van der Waals surface area contributed by atoms with Crippen LogP contribution in [0.1, 0.15) is 17.4 Å². The van der Waals surface area contributed by atoms with Crippen LogP contribution in [0.5, 0.6) is 0 Å². The second-order valence-corrected chi connectivity index (χ2v) is 2.57. The Hall–Kier alpha value is -1.36. The molecule has 5 heteroatoms. The van der Waals surface area contributed by atoms with Crippen LogP contribution in [0.25, 0.3) is 0 Å². The quantitative estimate of drug-likeness (QED) is 0.653. The van der Waals surface area contributed by atoms with Crippen LogP contribution in [0.2, 0.25) is 0 Å². The SMILES string of the molecule is CC(N)CNC(=O)c1ccon1. The molecule has 5 nitrogen and oxygen atoms in total. The highest BCUT2D eigenvalue weighted by Gasteiger charge is 2.07. The van der Waals surface area contributed by atoms with Gasteiger partial charge in [0.05, 0.1) is 0 Å². The molecule has 0 saturated heterocycles. The third kappa shape index (κ3) is 2.35. The van der Waals surface area contributed by atoms with Gasteiger partial charge in [-0.1, -0.05) is 5.16 Å². The smallest absolute Gasteiger partial charge is 0.273 e. The van der Waals surface area contributed by atoms with Crippen LogP contribution < -0.4 is 11.1 Å². The summed E-state index contributed by atoms with van der Waals surface area (Å²) in [5.74, 6) is -0.263. The van der Waals surface area contributed by atoms with Crippen molar-refractivity contribution in [3.05, 3.63) is 18.0 Å². The summed E-state index contributed by atoms with van der Waals surface area (Å²) in [4.78, 5) is 11.1. The number of hydrogen-bond donors (Lipinski definition) is 2. The Bertz CT molecular complexity index is 243. The van der Waals surface area contributed by atoms with Gasteiger partial charge in [-0.05, 0) is 6.92 Å². The Morgan fingerprint density at radius 2 is 2.67 bits per heavy atom. The van der Waals surface area contributed by atoms with Crippen molar-refractivity contribution in [3.8, 4) is 0 Å². The van der Waals surface area contributed by atoms with Gasteiger partial charge in [0.25, 0.3) is 5.91 Å². The summed E-state index contributed by atoms with van der Waals surface area (Å²) >= 11 is 0. The van der Waals surface area contributed by atoms with E-state index in [0.717, 1.165) is 0 Å². The summed E-state index contributed by atoms with van der Waals surface area (Å²) in [5.41, 5.74) is 5.71. The molecule has 1 aromatic heterocycles. The van der Waals surface area contributed by atoms with Crippen molar-refractivity contribution < 1.29 is 9.32 Å². The fourth-order valence-electron chi connectivity index (χ4n) is 0.674. The molecule has 3 N–H and O–H groups in total. The third-order valence-corrected chi connectivity index (χ3v) is 1.26. The second kappa shape index (κ2) is 3.87. The summed E-state index contributed by atoms with van der Waals surface area (Å²) < 4.78 is 4.50. The van der Waals surface area contributed by atoms with Gasteiger partial charge in [0.15, 0.2) is 5.69 Å². The molecule has 0 fully saturated rings. The second-order valence-electron chi connectivity index (χ2n) is 2.57. The number of carbonyl (C=O) groups is 1. The number of carbonyl (C=O) groups excluding carboxylic acids is 1. The van der Waals surface area contributed by atoms with E-state index in [2.05, 4.69) is 15.0 Å². The molecule has 0 saturated carbocycles. The average Bonchev–Trinajstić information content (AvgIpc) is 2.51. The van der Waals surface area contributed by atoms with Crippen LogP contribution in [0, 0.1) is 0 Å². The molecule has 12 heavy (non-hydrogen) atoms. The van der Waals surface area contributed by atoms with Crippen LogP contribution in [-0.2, 0) is 0 Å². The molecule has 0 aliphatic carbocycles. The first-order valence-electron chi connectivity index (χ1n) is 3.64. The Kier molecular flexibility index (Phi) is 2.82. The van der Waals surface area contributed by atoms with Crippen LogP contribution in [0.15, 0.2) is 16.9 Å². The van der Waals surface area contributed by atoms with Crippen LogP contribution in [0.4, 0.5) is 0 Å². The van der Waals surface area contributed by atoms with Crippen LogP contribution in [0.3, 0.4) is 0 Å². The van der Waals surface area contributed by atoms with Gasteiger partial charge in [-0.15, -0.1) is 0 Å². The largest absolute Gasteiger partial charge is 0.364 e. The zero-order chi connectivity index (χ0) is 8.97. The highest BCUT2D eigenvalue weighted by atomic mass is 16.5. The molecule has 0 radical (unpaired) electrons. The molecule has 0 aliphatic heterocycles. The summed E-state index contributed by atoms with van der Waals surface area (Å²) in [5, 5.41) is 6.06. The Labute approximate surface area is 69.9 Å². The standard InChI is InChI=1S/C7H11N3O2/c1-5(8)4-9-7(11)6-2-3-12-10-6/h2-3,5H,4,8H2,1H3,(H,9,11). The highest BCUT2D eigenvalue weighted by Crippen LogP contribution is 1.92. The van der Waals surface area contributed by atoms with Gasteiger partial charge in [0.1, 0.15) is 6.26 Å². The van der Waals surface area contributed by atoms with Gasteiger partial charge < -0.3 is 15.6 Å². The molecule has 66 valence electrons. The minimum absolute atomic E-state index is 0.0548. The number of nitrogens with zero attached hydrogens (tertiary/aromatic N) is 1. The maximum Gasteiger partial charge on any atom is 0.273 e. The summed E-state index contributed by atoms with van der Waals surface area (Å²) in [6.07, 6.45) is 1.35. The predicted molar refractivity (Wildman–Crippen MR) is 42.5 cm³/mol. The maximum absolute atomic E-state index is 11.1. The highest BCUT2D eigenvalue weighted by molar-refractivity contribution is 5.91. The van der Waals surface area contributed by atoms with Gasteiger partial charge >= 0.3 is 0 Å². The van der Waals surface area contributed by atoms with E-state index in [1.807, 2.05) is 6.92 Å². The number of amides is 1. The number of aromatic nitrogens is 1. The van der Waals surface area contributed by atoms with Crippen molar-refractivity contribution >= 4 is 5.91 Å². The van der Waals surface area contributed by atoms with E-state index in [1.165, 1.54) is 12.3 Å². The average molecular weight is 169 g/mol. The predicted octanol–water partition coefficient (Wildman–Crippen LogP) is -0.248. The third-order valence-electron chi connectivity index (χ3n) is 1.26. The molecule has 1 rings (SSSR count). The molecule has 0 bridgehead atoms. The van der Waals surface area contributed by atoms with Crippen molar-refractivity contribution in [1.82, 2.24) is 10.5 Å². The number of nitrogens with two attached hydrogens (primary N) is 1. The van der Waals surface area contributed by atoms with E-state index in [0.29, 0.717) is 6.54 Å². The van der Waals surface area contributed by atoms with Crippen molar-refractivity contribution in [2.75, 3.05) is 6.54 Å². The molecular weight excluding hydrogens is 158 g/mol. The summed E-state index contributed by atoms with van der Waals surface area (Å²) in [6.45, 7) is 2.24. The summed E-state index contributed by atoms with van der Waals surface area (Å²) in [7, 11) is 0. The van der Waals surface area contributed by atoms with Gasteiger partial charge in [0.2, 0.25) is 0 Å². The van der Waals surface area contributed by atoms with Crippen LogP contribution in [-0.4, -0.2) is 23.7 Å². The van der Waals surface area contributed by atoms with E-state index in [4.69, 9.17) is 5.73 Å². The molecule has 0 aliphatic rings. The van der Waals surface area contributed by atoms with Gasteiger partial charge in [-0.2, -0.15) is 0 Å². The first kappa shape index (κ1) is 8.73. The topological polar surface area (TPSA) is 81.1 Å². The van der Waals surface area contributed by atoms with E-state index < -0.39 is 0 Å². The lowest BCUT2D eigenvalue weighted by atomic mass is 10.3. The van der Waals surface area contributed by atoms with Crippen molar-refractivity contribution in [2.45, 2.75) is 13.0 Å². The number of hydrogen-bond acceptors (Lipinski definition) is 4. The summed E-state index contributed by atoms with van der Waals surface area (Å²) in [6, 6.07) is 1.44. The van der Waals surface area contributed by atoms with Gasteiger partial charge in [-0.25, -0.2) is 0 Å². The van der Waals surface area contributed by atoms with Gasteiger partial charge in [0, 0.05) is 18.7 Å². The minimum atomic E-state index is -0.263. The first-order valence-corrected chi connectivity index (χ1v) is 3.64. The molecule has 1 amide bonds. The van der Waals surface area contributed by atoms with Crippen molar-refractivity contribution in [1.29, 1.82) is 0 Å². The molecule has 1 heterocycles. The molecular formula is C7H11N3O2. The van der Waals surface area contributed by atoms with E-state index in [-0.39, 0.29) is 17.6 Å². The van der Waals surface area contributed by atoms with E-state index >= 15 is 0 Å². The van der Waals surface area contributed by atoms with Crippen LogP contribution >= 0.6 is 0 Å². The Morgan fingerprint density at radius 3 is 3.17 bits per heavy atom. The maximum atomic E-state index is 11.1. The zero-order valence-electron chi connectivity index (χ0n) is 6.78. The van der Waals surface area contributed by atoms with E-state index in [1.54, 1.807) is 0 Å². The fraction of sp³-hybridized carbons (Fsp3) is 0.429. The fourth-order valence-corrected chi connectivity index (χ4v) is 0.674. The Morgan fingerprint density at radius 1 is 1.92 bits per heavy atom. The lowest BCUT2D eigenvalue weighted by molar-refractivity contribution is 0.0942. The van der Waals surface area contributed by atoms with E-state index in [9.17, 15) is 4.79 Å². The number of nitrogens with one attached hydrogen (secondary N) is 1. The van der Waals surface area contributed by atoms with Gasteiger partial charge in [-0.3, -0.25) is 4.79 Å². The monoisotopic (exact) mass is 169 g/mol. The molecule has 1 atom stereocenters.